The third-order valence-electron chi connectivity index (χ3n) is 1.71. The van der Waals surface area contributed by atoms with Crippen molar-refractivity contribution in [1.82, 2.24) is 4.98 Å². The second-order valence-electron chi connectivity index (χ2n) is 3.66. The molecule has 1 aromatic rings. The molecule has 1 aromatic heterocycles. The number of anilines is 1. The first-order chi connectivity index (χ1) is 7.52. The zero-order chi connectivity index (χ0) is 12.1. The van der Waals surface area contributed by atoms with Crippen LogP contribution in [-0.4, -0.2) is 15.7 Å². The zero-order valence-corrected chi connectivity index (χ0v) is 9.95. The molecule has 0 saturated carbocycles. The Morgan fingerprint density at radius 3 is 2.81 bits per heavy atom. The second kappa shape index (κ2) is 5.66. The Labute approximate surface area is 97.7 Å². The molecular weight excluding hydrogens is 228 g/mol. The number of pyridine rings is 1. The maximum Gasteiger partial charge on any atom is 0.275 e. The number of nitrogen functional groups attached to an aromatic ring is 1. The van der Waals surface area contributed by atoms with Gasteiger partial charge in [-0.25, -0.2) is 10.8 Å². The quantitative estimate of drug-likeness (QED) is 0.355. The average Bonchev–Trinajstić information content (AvgIpc) is 2.25. The molecule has 0 unspecified atom stereocenters. The molecule has 0 radical (unpaired) electrons. The lowest BCUT2D eigenvalue weighted by Crippen LogP contribution is -2.09. The number of nitrogens with two attached hydrogens (primary N) is 1. The van der Waals surface area contributed by atoms with Gasteiger partial charge >= 0.3 is 0 Å². The molecule has 0 atom stereocenters. The van der Waals surface area contributed by atoms with Crippen LogP contribution in [0.1, 0.15) is 13.8 Å². The largest absolute Gasteiger partial charge is 0.308 e. The molecule has 0 fully saturated rings. The van der Waals surface area contributed by atoms with Gasteiger partial charge in [0.2, 0.25) is 0 Å². The molecule has 7 heteroatoms. The van der Waals surface area contributed by atoms with Crippen LogP contribution in [0, 0.1) is 16.0 Å². The lowest BCUT2D eigenvalue weighted by atomic mass is 10.3. The molecule has 3 N–H and O–H groups in total. The summed E-state index contributed by atoms with van der Waals surface area (Å²) in [6, 6.07) is 2.76. The van der Waals surface area contributed by atoms with Gasteiger partial charge in [0.25, 0.3) is 5.69 Å². The number of hydrogen-bond donors (Lipinski definition) is 2. The highest BCUT2D eigenvalue weighted by Gasteiger charge is 2.11. The Hall–Kier alpha value is -1.34. The van der Waals surface area contributed by atoms with Crippen molar-refractivity contribution in [1.29, 1.82) is 0 Å². The van der Waals surface area contributed by atoms with Crippen molar-refractivity contribution in [2.75, 3.05) is 11.2 Å². The van der Waals surface area contributed by atoms with Crippen LogP contribution in [0.4, 0.5) is 11.5 Å². The predicted molar refractivity (Wildman–Crippen MR) is 64.3 cm³/mol. The third-order valence-corrected chi connectivity index (χ3v) is 3.05. The molecule has 0 aliphatic rings. The van der Waals surface area contributed by atoms with Gasteiger partial charge in [-0.2, -0.15) is 0 Å². The summed E-state index contributed by atoms with van der Waals surface area (Å²) in [5, 5.41) is 11.3. The van der Waals surface area contributed by atoms with Gasteiger partial charge in [0.1, 0.15) is 10.8 Å². The molecule has 0 aromatic carbocycles. The van der Waals surface area contributed by atoms with E-state index in [-0.39, 0.29) is 5.69 Å². The molecule has 88 valence electrons. The molecule has 0 spiro atoms. The van der Waals surface area contributed by atoms with Crippen LogP contribution in [0.5, 0.6) is 0 Å². The smallest absolute Gasteiger partial charge is 0.275 e. The number of aromatic nitrogens is 1. The summed E-state index contributed by atoms with van der Waals surface area (Å²) in [6.45, 7) is 4.15. The first kappa shape index (κ1) is 12.7. The van der Waals surface area contributed by atoms with Crippen molar-refractivity contribution in [3.05, 3.63) is 22.2 Å². The van der Waals surface area contributed by atoms with Crippen molar-refractivity contribution in [2.24, 2.45) is 11.8 Å². The highest BCUT2D eigenvalue weighted by atomic mass is 32.2. The molecule has 1 heterocycles. The maximum absolute atomic E-state index is 10.7. The number of nitrogens with one attached hydrogen (secondary N) is 1. The van der Waals surface area contributed by atoms with Crippen molar-refractivity contribution >= 4 is 23.3 Å². The van der Waals surface area contributed by atoms with E-state index in [2.05, 4.69) is 24.3 Å². The minimum Gasteiger partial charge on any atom is -0.308 e. The van der Waals surface area contributed by atoms with E-state index in [4.69, 9.17) is 5.84 Å². The topological polar surface area (TPSA) is 94.1 Å². The van der Waals surface area contributed by atoms with Crippen LogP contribution in [0.25, 0.3) is 0 Å². The van der Waals surface area contributed by atoms with Gasteiger partial charge < -0.3 is 5.43 Å². The Morgan fingerprint density at radius 2 is 2.31 bits per heavy atom. The number of nitrogens with zero attached hydrogens (tertiary/aromatic N) is 2. The third kappa shape index (κ3) is 3.67. The van der Waals surface area contributed by atoms with E-state index < -0.39 is 4.92 Å². The summed E-state index contributed by atoms with van der Waals surface area (Å²) >= 11 is 1.48. The Bertz CT molecular complexity index is 384. The van der Waals surface area contributed by atoms with Crippen LogP contribution < -0.4 is 11.3 Å². The number of rotatable bonds is 5. The van der Waals surface area contributed by atoms with E-state index >= 15 is 0 Å². The minimum atomic E-state index is -0.456. The molecule has 0 saturated heterocycles. The molecule has 1 rings (SSSR count). The fourth-order valence-electron chi connectivity index (χ4n) is 0.997. The van der Waals surface area contributed by atoms with Crippen molar-refractivity contribution < 1.29 is 4.92 Å². The van der Waals surface area contributed by atoms with E-state index in [0.29, 0.717) is 16.8 Å². The van der Waals surface area contributed by atoms with Gasteiger partial charge in [-0.3, -0.25) is 10.1 Å². The summed E-state index contributed by atoms with van der Waals surface area (Å²) in [6.07, 6.45) is 0. The van der Waals surface area contributed by atoms with Crippen molar-refractivity contribution in [3.63, 3.8) is 0 Å². The van der Waals surface area contributed by atoms with Crippen molar-refractivity contribution in [2.45, 2.75) is 18.9 Å². The van der Waals surface area contributed by atoms with Crippen LogP contribution in [0.3, 0.4) is 0 Å². The minimum absolute atomic E-state index is 0.00536. The van der Waals surface area contributed by atoms with Gasteiger partial charge in [-0.1, -0.05) is 13.8 Å². The highest BCUT2D eigenvalue weighted by Crippen LogP contribution is 2.25. The van der Waals surface area contributed by atoms with Gasteiger partial charge in [0, 0.05) is 11.8 Å². The Balaban J connectivity index is 2.90. The number of hydrogen-bond acceptors (Lipinski definition) is 6. The average molecular weight is 242 g/mol. The summed E-state index contributed by atoms with van der Waals surface area (Å²) in [5.74, 6) is 6.86. The zero-order valence-electron chi connectivity index (χ0n) is 9.14. The van der Waals surface area contributed by atoms with Gasteiger partial charge in [-0.15, -0.1) is 11.8 Å². The molecule has 16 heavy (non-hydrogen) atoms. The van der Waals surface area contributed by atoms with Crippen LogP contribution >= 0.6 is 11.8 Å². The Kier molecular flexibility index (Phi) is 4.51. The number of nitro groups is 1. The first-order valence-electron chi connectivity index (χ1n) is 4.79. The highest BCUT2D eigenvalue weighted by molar-refractivity contribution is 7.99. The van der Waals surface area contributed by atoms with E-state index in [1.807, 2.05) is 0 Å². The molecular formula is C9H14N4O2S. The second-order valence-corrected chi connectivity index (χ2v) is 4.70. The predicted octanol–water partition coefficient (Wildman–Crippen LogP) is 2.02. The van der Waals surface area contributed by atoms with E-state index in [9.17, 15) is 10.1 Å². The van der Waals surface area contributed by atoms with Crippen LogP contribution in [0.2, 0.25) is 0 Å². The normalized spacial score (nSPS) is 10.5. The maximum atomic E-state index is 10.7. The summed E-state index contributed by atoms with van der Waals surface area (Å²) in [5.41, 5.74) is 2.32. The lowest BCUT2D eigenvalue weighted by molar-refractivity contribution is -0.385. The van der Waals surface area contributed by atoms with Gasteiger partial charge in [0.15, 0.2) is 0 Å². The first-order valence-corrected chi connectivity index (χ1v) is 5.77. The van der Waals surface area contributed by atoms with E-state index in [0.717, 1.165) is 5.75 Å². The van der Waals surface area contributed by atoms with E-state index in [1.165, 1.54) is 23.9 Å². The van der Waals surface area contributed by atoms with Crippen molar-refractivity contribution in [3.8, 4) is 0 Å². The van der Waals surface area contributed by atoms with E-state index in [1.54, 1.807) is 0 Å². The van der Waals surface area contributed by atoms with Gasteiger partial charge in [0.05, 0.1) is 11.0 Å². The summed E-state index contributed by atoms with van der Waals surface area (Å²) in [7, 11) is 0. The number of hydrazine groups is 1. The molecule has 0 aliphatic heterocycles. The summed E-state index contributed by atoms with van der Waals surface area (Å²) < 4.78 is 0. The molecule has 0 aliphatic carbocycles. The standard InChI is InChI=1S/C9H14N4O2S/c1-6(2)5-16-9-4-7(13(14)15)3-8(11-9)12-10/h3-4,6H,5,10H2,1-2H3,(H,11,12). The molecule has 0 amide bonds. The monoisotopic (exact) mass is 242 g/mol. The fourth-order valence-corrected chi connectivity index (χ4v) is 1.87. The molecule has 6 nitrogen and oxygen atoms in total. The van der Waals surface area contributed by atoms with Crippen LogP contribution in [0.15, 0.2) is 17.2 Å². The number of thioether (sulfide) groups is 1. The van der Waals surface area contributed by atoms with Gasteiger partial charge in [-0.05, 0) is 5.92 Å². The van der Waals surface area contributed by atoms with Crippen LogP contribution in [-0.2, 0) is 0 Å². The fraction of sp³-hybridized carbons (Fsp3) is 0.444. The Morgan fingerprint density at radius 1 is 1.62 bits per heavy atom. The summed E-state index contributed by atoms with van der Waals surface area (Å²) in [4.78, 5) is 14.3. The lowest BCUT2D eigenvalue weighted by Gasteiger charge is -2.05. The SMILES string of the molecule is CC(C)CSc1cc([N+](=O)[O-])cc(NN)n1. The molecule has 0 bridgehead atoms.